The van der Waals surface area contributed by atoms with Crippen LogP contribution in [0, 0.1) is 5.82 Å². The molecule has 9 heteroatoms. The molecule has 0 radical (unpaired) electrons. The van der Waals surface area contributed by atoms with Crippen LogP contribution in [0.5, 0.6) is 5.88 Å². The van der Waals surface area contributed by atoms with E-state index in [2.05, 4.69) is 14.5 Å². The molecule has 0 spiro atoms. The fourth-order valence-electron chi connectivity index (χ4n) is 1.14. The number of aromatic nitrogens is 1. The van der Waals surface area contributed by atoms with Crippen molar-refractivity contribution in [1.82, 2.24) is 4.98 Å². The van der Waals surface area contributed by atoms with E-state index in [9.17, 15) is 22.4 Å². The molecule has 0 saturated heterocycles. The monoisotopic (exact) mass is 301 g/mol. The highest BCUT2D eigenvalue weighted by Gasteiger charge is 2.34. The van der Waals surface area contributed by atoms with Gasteiger partial charge in [-0.2, -0.15) is 0 Å². The van der Waals surface area contributed by atoms with Gasteiger partial charge in [-0.3, -0.25) is 0 Å². The number of carbonyl (C=O) groups excluding carboxylic acids is 1. The second kappa shape index (κ2) is 6.05. The first kappa shape index (κ1) is 15.5. The zero-order valence-electron chi connectivity index (χ0n) is 9.55. The minimum atomic E-state index is -5.07. The third-order valence-electron chi connectivity index (χ3n) is 1.85. The molecule has 0 aliphatic carbocycles. The predicted octanol–water partition coefficient (Wildman–Crippen LogP) is 3.03. The van der Waals surface area contributed by atoms with Crippen LogP contribution in [0.2, 0.25) is 0 Å². The van der Waals surface area contributed by atoms with Crippen molar-refractivity contribution in [3.63, 3.8) is 0 Å². The van der Waals surface area contributed by atoms with Gasteiger partial charge in [-0.25, -0.2) is 14.2 Å². The molecule has 0 aliphatic rings. The fraction of sp³-hybridized carbons (Fsp3) is 0.400. The number of rotatable bonds is 4. The van der Waals surface area contributed by atoms with Crippen molar-refractivity contribution in [3.05, 3.63) is 23.1 Å². The predicted molar refractivity (Wildman–Crippen MR) is 56.4 cm³/mol. The van der Waals surface area contributed by atoms with Crippen molar-refractivity contribution in [1.29, 1.82) is 0 Å². The molecule has 1 aromatic rings. The van der Waals surface area contributed by atoms with Gasteiger partial charge in [-0.15, -0.1) is 24.8 Å². The molecule has 0 amide bonds. The maximum Gasteiger partial charge on any atom is 0.574 e. The first-order valence-corrected chi connectivity index (χ1v) is 5.50. The van der Waals surface area contributed by atoms with E-state index >= 15 is 0 Å². The van der Waals surface area contributed by atoms with E-state index in [1.54, 1.807) is 0 Å². The number of ether oxygens (including phenoxy) is 2. The minimum absolute atomic E-state index is 0.0941. The Morgan fingerprint density at radius 1 is 1.47 bits per heavy atom. The van der Waals surface area contributed by atoms with Gasteiger partial charge < -0.3 is 9.47 Å². The number of nitrogens with zero attached hydrogens (tertiary/aromatic N) is 1. The summed E-state index contributed by atoms with van der Waals surface area (Å²) in [6.45, 7) is 1.35. The topological polar surface area (TPSA) is 48.4 Å². The number of esters is 1. The summed E-state index contributed by atoms with van der Waals surface area (Å²) in [4.78, 5) is 14.6. The lowest BCUT2D eigenvalue weighted by atomic mass is 10.2. The second-order valence-electron chi connectivity index (χ2n) is 3.17. The van der Waals surface area contributed by atoms with Crippen LogP contribution in [0.25, 0.3) is 0 Å². The Balaban J connectivity index is 3.26. The highest BCUT2D eigenvalue weighted by Crippen LogP contribution is 2.27. The second-order valence-corrected chi connectivity index (χ2v) is 3.44. The normalized spacial score (nSPS) is 11.3. The molecule has 1 heterocycles. The first-order valence-electron chi connectivity index (χ1n) is 4.96. The molecule has 1 rings (SSSR count). The molecular weight excluding hydrogens is 294 g/mol. The van der Waals surface area contributed by atoms with E-state index in [-0.39, 0.29) is 6.61 Å². The van der Waals surface area contributed by atoms with Gasteiger partial charge >= 0.3 is 12.3 Å². The van der Waals surface area contributed by atoms with Gasteiger partial charge in [0, 0.05) is 0 Å². The van der Waals surface area contributed by atoms with Crippen LogP contribution in [-0.2, 0) is 10.6 Å². The van der Waals surface area contributed by atoms with E-state index in [1.807, 2.05) is 0 Å². The van der Waals surface area contributed by atoms with Gasteiger partial charge in [0.2, 0.25) is 5.88 Å². The van der Waals surface area contributed by atoms with Crippen molar-refractivity contribution < 1.29 is 31.8 Å². The van der Waals surface area contributed by atoms with Gasteiger partial charge in [0.25, 0.3) is 0 Å². The number of pyridine rings is 1. The summed E-state index contributed by atoms with van der Waals surface area (Å²) < 4.78 is 57.9. The molecule has 0 saturated carbocycles. The lowest BCUT2D eigenvalue weighted by Gasteiger charge is -2.12. The molecule has 1 aromatic heterocycles. The summed E-state index contributed by atoms with van der Waals surface area (Å²) in [6, 6.07) is 0.545. The van der Waals surface area contributed by atoms with Crippen LogP contribution in [0.1, 0.15) is 23.0 Å². The number of carbonyl (C=O) groups is 1. The molecule has 19 heavy (non-hydrogen) atoms. The molecule has 0 aliphatic heterocycles. The van der Waals surface area contributed by atoms with Gasteiger partial charge in [0.15, 0.2) is 0 Å². The van der Waals surface area contributed by atoms with Crippen LogP contribution < -0.4 is 4.74 Å². The summed E-state index contributed by atoms with van der Waals surface area (Å²) >= 11 is 5.31. The van der Waals surface area contributed by atoms with Gasteiger partial charge in [-0.05, 0) is 13.0 Å². The van der Waals surface area contributed by atoms with Gasteiger partial charge in [0.1, 0.15) is 11.4 Å². The molecule has 0 atom stereocenters. The Bertz CT molecular complexity index is 479. The summed E-state index contributed by atoms with van der Waals surface area (Å²) in [6.07, 6.45) is -5.07. The Labute approximate surface area is 110 Å². The molecule has 0 aromatic carbocycles. The largest absolute Gasteiger partial charge is 0.574 e. The van der Waals surface area contributed by atoms with E-state index in [0.29, 0.717) is 6.07 Å². The van der Waals surface area contributed by atoms with Crippen LogP contribution in [0.3, 0.4) is 0 Å². The summed E-state index contributed by atoms with van der Waals surface area (Å²) in [5, 5.41) is 0. The lowest BCUT2D eigenvalue weighted by Crippen LogP contribution is -2.21. The van der Waals surface area contributed by atoms with Crippen molar-refractivity contribution in [2.75, 3.05) is 6.61 Å². The highest BCUT2D eigenvalue weighted by atomic mass is 35.5. The minimum Gasteiger partial charge on any atom is -0.462 e. The standard InChI is InChI=1S/C10H8ClF4NO3/c1-2-18-9(17)5-3-6(12)7(4-11)16-8(5)19-10(13,14)15/h3H,2,4H2,1H3. The lowest BCUT2D eigenvalue weighted by molar-refractivity contribution is -0.276. The van der Waals surface area contributed by atoms with Crippen LogP contribution in [-0.4, -0.2) is 23.9 Å². The molecule has 0 unspecified atom stereocenters. The van der Waals surface area contributed by atoms with Crippen molar-refractivity contribution in [3.8, 4) is 5.88 Å². The van der Waals surface area contributed by atoms with E-state index in [0.717, 1.165) is 0 Å². The molecular formula is C10H8ClF4NO3. The maximum atomic E-state index is 13.4. The Hall–Kier alpha value is -1.57. The number of alkyl halides is 4. The number of hydrogen-bond acceptors (Lipinski definition) is 4. The van der Waals surface area contributed by atoms with E-state index in [1.165, 1.54) is 6.92 Å². The molecule has 106 valence electrons. The summed E-state index contributed by atoms with van der Waals surface area (Å²) in [7, 11) is 0. The zero-order chi connectivity index (χ0) is 14.6. The summed E-state index contributed by atoms with van der Waals surface area (Å²) in [5.74, 6) is -3.76. The smallest absolute Gasteiger partial charge is 0.462 e. The zero-order valence-corrected chi connectivity index (χ0v) is 10.3. The average Bonchev–Trinajstić information content (AvgIpc) is 2.29. The molecule has 0 N–H and O–H groups in total. The van der Waals surface area contributed by atoms with Crippen LogP contribution >= 0.6 is 11.6 Å². The third kappa shape index (κ3) is 4.23. The first-order chi connectivity index (χ1) is 8.78. The Kier molecular flexibility index (Phi) is 4.93. The van der Waals surface area contributed by atoms with Crippen molar-refractivity contribution in [2.45, 2.75) is 19.2 Å². The number of hydrogen-bond donors (Lipinski definition) is 0. The maximum absolute atomic E-state index is 13.4. The molecule has 0 bridgehead atoms. The van der Waals surface area contributed by atoms with Crippen molar-refractivity contribution >= 4 is 17.6 Å². The number of halogens is 5. The Morgan fingerprint density at radius 2 is 2.11 bits per heavy atom. The Morgan fingerprint density at radius 3 is 2.58 bits per heavy atom. The molecule has 0 fully saturated rings. The molecule has 4 nitrogen and oxygen atoms in total. The highest BCUT2D eigenvalue weighted by molar-refractivity contribution is 6.16. The SMILES string of the molecule is CCOC(=O)c1cc(F)c(CCl)nc1OC(F)(F)F. The fourth-order valence-corrected chi connectivity index (χ4v) is 1.33. The summed E-state index contributed by atoms with van der Waals surface area (Å²) in [5.41, 5.74) is -1.22. The van der Waals surface area contributed by atoms with Gasteiger partial charge in [0.05, 0.1) is 18.2 Å². The quantitative estimate of drug-likeness (QED) is 0.487. The van der Waals surface area contributed by atoms with E-state index < -0.39 is 41.2 Å². The van der Waals surface area contributed by atoms with Crippen molar-refractivity contribution in [2.24, 2.45) is 0 Å². The third-order valence-corrected chi connectivity index (χ3v) is 2.10. The van der Waals surface area contributed by atoms with Gasteiger partial charge in [-0.1, -0.05) is 0 Å². The average molecular weight is 302 g/mol. The van der Waals surface area contributed by atoms with E-state index in [4.69, 9.17) is 11.6 Å². The van der Waals surface area contributed by atoms with Crippen LogP contribution in [0.4, 0.5) is 17.6 Å². The van der Waals surface area contributed by atoms with Crippen LogP contribution in [0.15, 0.2) is 6.07 Å².